The van der Waals surface area contributed by atoms with E-state index in [-0.39, 0.29) is 41.0 Å². The molecule has 49 heavy (non-hydrogen) atoms. The van der Waals surface area contributed by atoms with Crippen molar-refractivity contribution < 1.29 is 56.4 Å². The first-order valence-corrected chi connectivity index (χ1v) is 14.9. The summed E-state index contributed by atoms with van der Waals surface area (Å²) in [5.41, 5.74) is 0.0636. The number of ketones is 1. The number of benzene rings is 4. The van der Waals surface area contributed by atoms with E-state index in [1.165, 1.54) is 37.3 Å². The highest BCUT2D eigenvalue weighted by Gasteiger charge is 2.19. The summed E-state index contributed by atoms with van der Waals surface area (Å²) >= 11 is 0. The maximum absolute atomic E-state index is 14.1. The molecule has 0 bridgehead atoms. The smallest absolute Gasteiger partial charge is 0.342 e. The van der Waals surface area contributed by atoms with Crippen molar-refractivity contribution >= 4 is 23.7 Å². The van der Waals surface area contributed by atoms with Crippen molar-refractivity contribution in [2.75, 3.05) is 26.2 Å². The number of nitrogens with zero attached hydrogens (tertiary/aromatic N) is 1. The molecule has 4 aromatic rings. The number of Topliss-reactive ketones (excluding diaryl/α,β-unsaturated/α-hetero) is 1. The molecule has 9 nitrogen and oxygen atoms in total. The van der Waals surface area contributed by atoms with E-state index in [9.17, 15) is 41.8 Å². The molecule has 0 spiro atoms. The fourth-order valence-electron chi connectivity index (χ4n) is 4.53. The van der Waals surface area contributed by atoms with Gasteiger partial charge in [-0.15, -0.1) is 0 Å². The number of aromatic hydroxyl groups is 1. The number of aromatic carboxylic acids is 1. The van der Waals surface area contributed by atoms with Crippen LogP contribution in [0.3, 0.4) is 0 Å². The highest BCUT2D eigenvalue weighted by molar-refractivity contribution is 6.01. The number of rotatable bonds is 12. The molecule has 0 aromatic heterocycles. The summed E-state index contributed by atoms with van der Waals surface area (Å²) in [6.45, 7) is 7.60. The molecule has 13 heteroatoms. The Morgan fingerprint density at radius 3 is 2.02 bits per heavy atom. The van der Waals surface area contributed by atoms with Gasteiger partial charge >= 0.3 is 17.9 Å². The average molecular weight is 684 g/mol. The van der Waals surface area contributed by atoms with Crippen LogP contribution < -0.4 is 4.74 Å². The molecule has 0 aliphatic heterocycles. The summed E-state index contributed by atoms with van der Waals surface area (Å²) in [5, 5.41) is 18.2. The Labute approximate surface area is 279 Å². The minimum Gasteiger partial charge on any atom is -0.507 e. The van der Waals surface area contributed by atoms with Crippen molar-refractivity contribution in [1.29, 1.82) is 0 Å². The normalized spacial score (nSPS) is 10.6. The third-order valence-corrected chi connectivity index (χ3v) is 7.15. The van der Waals surface area contributed by atoms with Gasteiger partial charge in [0.05, 0.1) is 0 Å². The summed E-state index contributed by atoms with van der Waals surface area (Å²) in [7, 11) is 0. The third-order valence-electron chi connectivity index (χ3n) is 7.15. The number of ether oxygens (including phenoxy) is 2. The van der Waals surface area contributed by atoms with Crippen molar-refractivity contribution in [3.05, 3.63) is 118 Å². The van der Waals surface area contributed by atoms with Gasteiger partial charge in [-0.25, -0.2) is 27.2 Å². The lowest BCUT2D eigenvalue weighted by Gasteiger charge is -2.18. The summed E-state index contributed by atoms with van der Waals surface area (Å²) in [6.07, 6.45) is -0.337. The molecule has 0 unspecified atom stereocenters. The number of halogens is 4. The molecule has 0 heterocycles. The maximum Gasteiger partial charge on any atom is 0.342 e. The lowest BCUT2D eigenvalue weighted by Crippen LogP contribution is -2.28. The molecular formula is C36H33F4NO8. The van der Waals surface area contributed by atoms with E-state index in [1.807, 2.05) is 13.8 Å². The van der Waals surface area contributed by atoms with Crippen molar-refractivity contribution in [2.45, 2.75) is 27.2 Å². The minimum absolute atomic E-state index is 0.00373. The van der Waals surface area contributed by atoms with Gasteiger partial charge in [-0.3, -0.25) is 9.59 Å². The molecular weight excluding hydrogens is 650 g/mol. The van der Waals surface area contributed by atoms with Crippen molar-refractivity contribution in [3.63, 3.8) is 0 Å². The van der Waals surface area contributed by atoms with Crippen molar-refractivity contribution in [2.24, 2.45) is 0 Å². The van der Waals surface area contributed by atoms with Crippen LogP contribution in [-0.2, 0) is 16.0 Å². The first-order valence-electron chi connectivity index (χ1n) is 14.9. The maximum atomic E-state index is 14.1. The number of carbonyl (C=O) groups is 4. The van der Waals surface area contributed by atoms with Crippen LogP contribution in [0.1, 0.15) is 57.4 Å². The SMILES string of the molecule is CCN(CC)CCOC(=O)c1cc(-c2ccc(F)cc2F)ccc1OC(C)=O.O=C(Cc1ccc(F)cc1F)c1ccc(O)c(C(=O)O)c1. The monoisotopic (exact) mass is 683 g/mol. The molecule has 4 rings (SSSR count). The average Bonchev–Trinajstić information content (AvgIpc) is 3.04. The highest BCUT2D eigenvalue weighted by Crippen LogP contribution is 2.30. The number of carboxylic acid groups (broad SMARTS) is 1. The summed E-state index contributed by atoms with van der Waals surface area (Å²) in [4.78, 5) is 48.8. The van der Waals surface area contributed by atoms with Gasteiger partial charge in [-0.05, 0) is 72.7 Å². The topological polar surface area (TPSA) is 130 Å². The molecule has 0 amide bonds. The number of carboxylic acids is 1. The lowest BCUT2D eigenvalue weighted by atomic mass is 10.0. The van der Waals surface area contributed by atoms with E-state index in [0.29, 0.717) is 18.2 Å². The Hall–Kier alpha value is -5.56. The zero-order valence-electron chi connectivity index (χ0n) is 26.8. The summed E-state index contributed by atoms with van der Waals surface area (Å²) < 4.78 is 63.9. The van der Waals surface area contributed by atoms with Crippen LogP contribution in [0.25, 0.3) is 11.1 Å². The second-order valence-electron chi connectivity index (χ2n) is 10.5. The fourth-order valence-corrected chi connectivity index (χ4v) is 4.53. The highest BCUT2D eigenvalue weighted by atomic mass is 19.1. The Kier molecular flexibility index (Phi) is 13.6. The van der Waals surface area contributed by atoms with Gasteiger partial charge in [0.15, 0.2) is 5.78 Å². The molecule has 0 saturated heterocycles. The van der Waals surface area contributed by atoms with E-state index >= 15 is 0 Å². The zero-order valence-corrected chi connectivity index (χ0v) is 26.8. The van der Waals surface area contributed by atoms with Gasteiger partial charge < -0.3 is 24.6 Å². The summed E-state index contributed by atoms with van der Waals surface area (Å²) in [6, 6.07) is 13.6. The van der Waals surface area contributed by atoms with Crippen LogP contribution in [0.5, 0.6) is 11.5 Å². The van der Waals surface area contributed by atoms with Crippen LogP contribution in [-0.4, -0.2) is 65.0 Å². The minimum atomic E-state index is -1.38. The second-order valence-corrected chi connectivity index (χ2v) is 10.5. The predicted molar refractivity (Wildman–Crippen MR) is 171 cm³/mol. The molecule has 0 radical (unpaired) electrons. The molecule has 2 N–H and O–H groups in total. The number of hydrogen-bond acceptors (Lipinski definition) is 8. The van der Waals surface area contributed by atoms with Crippen molar-refractivity contribution in [3.8, 4) is 22.6 Å². The van der Waals surface area contributed by atoms with Gasteiger partial charge in [0.1, 0.15) is 52.5 Å². The Morgan fingerprint density at radius 2 is 1.43 bits per heavy atom. The second kappa shape index (κ2) is 17.6. The van der Waals surface area contributed by atoms with Crippen LogP contribution >= 0.6 is 0 Å². The number of phenols is 1. The number of esters is 2. The van der Waals surface area contributed by atoms with Gasteiger partial charge in [-0.1, -0.05) is 26.0 Å². The van der Waals surface area contributed by atoms with Gasteiger partial charge in [0, 0.05) is 43.1 Å². The van der Waals surface area contributed by atoms with Crippen LogP contribution in [0.15, 0.2) is 72.8 Å². The lowest BCUT2D eigenvalue weighted by molar-refractivity contribution is -0.131. The van der Waals surface area contributed by atoms with E-state index < -0.39 is 58.3 Å². The van der Waals surface area contributed by atoms with Crippen LogP contribution in [0, 0.1) is 23.3 Å². The first-order chi connectivity index (χ1) is 23.2. The molecule has 0 saturated carbocycles. The number of carbonyl (C=O) groups excluding carboxylic acids is 3. The number of likely N-dealkylation sites (N-methyl/N-ethyl adjacent to an activating group) is 1. The third kappa shape index (κ3) is 10.7. The van der Waals surface area contributed by atoms with Gasteiger partial charge in [0.25, 0.3) is 0 Å². The Balaban J connectivity index is 0.000000276. The molecule has 258 valence electrons. The zero-order chi connectivity index (χ0) is 36.2. The largest absolute Gasteiger partial charge is 0.507 e. The molecule has 0 fully saturated rings. The van der Waals surface area contributed by atoms with Crippen LogP contribution in [0.4, 0.5) is 17.6 Å². The molecule has 0 aliphatic rings. The first kappa shape index (κ1) is 37.9. The van der Waals surface area contributed by atoms with Gasteiger partial charge in [0.2, 0.25) is 0 Å². The Morgan fingerprint density at radius 1 is 0.776 bits per heavy atom. The van der Waals surface area contributed by atoms with E-state index in [2.05, 4.69) is 4.90 Å². The predicted octanol–water partition coefficient (Wildman–Crippen LogP) is 6.85. The van der Waals surface area contributed by atoms with Crippen molar-refractivity contribution in [1.82, 2.24) is 4.90 Å². The fraction of sp³-hybridized carbons (Fsp3) is 0.222. The standard InChI is InChI=1S/C21H23F2NO4.C15H10F2O4/c1-4-24(5-2)10-11-27-21(26)18-12-15(6-9-20(18)28-14(3)25)17-8-7-16(22)13-19(17)23;16-10-3-1-8(12(17)7-10)6-14(19)9-2-4-13(18)11(5-9)15(20)21/h6-9,12-13H,4-5,10-11H2,1-3H3;1-5,7,18H,6H2,(H,20,21). The Bertz CT molecular complexity index is 1840. The quantitative estimate of drug-likeness (QED) is 0.0713. The van der Waals surface area contributed by atoms with E-state index in [4.69, 9.17) is 14.6 Å². The molecule has 0 aliphatic carbocycles. The summed E-state index contributed by atoms with van der Waals surface area (Å²) in [5.74, 6) is -6.71. The molecule has 4 aromatic carbocycles. The molecule has 0 atom stereocenters. The van der Waals surface area contributed by atoms with Crippen LogP contribution in [0.2, 0.25) is 0 Å². The van der Waals surface area contributed by atoms with E-state index in [1.54, 1.807) is 0 Å². The number of hydrogen-bond donors (Lipinski definition) is 2. The van der Waals surface area contributed by atoms with E-state index in [0.717, 1.165) is 49.5 Å². The van der Waals surface area contributed by atoms with Gasteiger partial charge in [-0.2, -0.15) is 0 Å².